The van der Waals surface area contributed by atoms with Crippen LogP contribution in [0.2, 0.25) is 0 Å². The number of aromatic hydroxyl groups is 1. The van der Waals surface area contributed by atoms with E-state index in [0.717, 1.165) is 11.1 Å². The van der Waals surface area contributed by atoms with E-state index in [1.165, 1.54) is 19.2 Å². The van der Waals surface area contributed by atoms with Crippen molar-refractivity contribution in [2.75, 3.05) is 7.11 Å². The molecule has 4 heteroatoms. The highest BCUT2D eigenvalue weighted by molar-refractivity contribution is 5.41. The second kappa shape index (κ2) is 7.01. The fraction of sp³-hybridized carbons (Fsp3) is 0.368. The van der Waals surface area contributed by atoms with E-state index >= 15 is 0 Å². The fourth-order valence-corrected chi connectivity index (χ4v) is 2.64. The molecule has 23 heavy (non-hydrogen) atoms. The third kappa shape index (κ3) is 4.45. The van der Waals surface area contributed by atoms with Gasteiger partial charge in [-0.3, -0.25) is 0 Å². The van der Waals surface area contributed by atoms with Crippen molar-refractivity contribution in [1.82, 2.24) is 5.32 Å². The van der Waals surface area contributed by atoms with Crippen molar-refractivity contribution in [2.24, 2.45) is 5.41 Å². The molecular weight excluding hydrogens is 293 g/mol. The van der Waals surface area contributed by atoms with E-state index in [4.69, 9.17) is 4.74 Å². The molecule has 0 bridgehead atoms. The third-order valence-electron chi connectivity index (χ3n) is 3.82. The lowest BCUT2D eigenvalue weighted by molar-refractivity contribution is 0.270. The predicted molar refractivity (Wildman–Crippen MR) is 90.1 cm³/mol. The second-order valence-corrected chi connectivity index (χ2v) is 6.74. The van der Waals surface area contributed by atoms with Crippen molar-refractivity contribution in [3.8, 4) is 11.5 Å². The minimum Gasteiger partial charge on any atom is -0.504 e. The lowest BCUT2D eigenvalue weighted by Gasteiger charge is -2.32. The molecule has 0 aliphatic carbocycles. The molecule has 2 N–H and O–H groups in total. The summed E-state index contributed by atoms with van der Waals surface area (Å²) in [5, 5.41) is 13.4. The number of nitrogens with one attached hydrogen (secondary N) is 1. The Morgan fingerprint density at radius 1 is 1.13 bits per heavy atom. The minimum absolute atomic E-state index is 0.0354. The van der Waals surface area contributed by atoms with Crippen molar-refractivity contribution in [1.29, 1.82) is 0 Å². The van der Waals surface area contributed by atoms with Crippen molar-refractivity contribution in [3.63, 3.8) is 0 Å². The van der Waals surface area contributed by atoms with Crippen molar-refractivity contribution in [2.45, 2.75) is 33.4 Å². The standard InChI is InChI=1S/C19H24FNO2/c1-19(2,3)18(14-6-8-15(20)9-7-14)21-12-13-5-10-17(23-4)16(22)11-13/h5-11,18,21-22H,12H2,1-4H3. The monoisotopic (exact) mass is 317 g/mol. The molecule has 0 heterocycles. The molecule has 2 aromatic carbocycles. The summed E-state index contributed by atoms with van der Waals surface area (Å²) in [6, 6.07) is 12.0. The Bertz CT molecular complexity index is 647. The third-order valence-corrected chi connectivity index (χ3v) is 3.82. The molecule has 2 aromatic rings. The van der Waals surface area contributed by atoms with Gasteiger partial charge in [-0.05, 0) is 40.8 Å². The van der Waals surface area contributed by atoms with E-state index in [2.05, 4.69) is 26.1 Å². The molecule has 0 spiro atoms. The van der Waals surface area contributed by atoms with Crippen molar-refractivity contribution in [3.05, 3.63) is 59.4 Å². The molecule has 1 atom stereocenters. The first kappa shape index (κ1) is 17.3. The van der Waals surface area contributed by atoms with Crippen LogP contribution >= 0.6 is 0 Å². The van der Waals surface area contributed by atoms with E-state index in [0.29, 0.717) is 12.3 Å². The summed E-state index contributed by atoms with van der Waals surface area (Å²) < 4.78 is 18.2. The molecule has 0 aliphatic heterocycles. The number of rotatable bonds is 5. The zero-order chi connectivity index (χ0) is 17.0. The Kier molecular flexibility index (Phi) is 5.26. The van der Waals surface area contributed by atoms with Crippen LogP contribution in [0.15, 0.2) is 42.5 Å². The minimum atomic E-state index is -0.235. The van der Waals surface area contributed by atoms with Crippen LogP contribution in [0.5, 0.6) is 11.5 Å². The molecule has 0 fully saturated rings. The Balaban J connectivity index is 2.16. The first-order chi connectivity index (χ1) is 10.8. The van der Waals surface area contributed by atoms with Crippen LogP contribution in [-0.4, -0.2) is 12.2 Å². The van der Waals surface area contributed by atoms with Gasteiger partial charge in [0.15, 0.2) is 11.5 Å². The van der Waals surface area contributed by atoms with E-state index in [9.17, 15) is 9.50 Å². The predicted octanol–water partition coefficient (Wildman–Crippen LogP) is 4.42. The number of methoxy groups -OCH3 is 1. The molecule has 124 valence electrons. The number of halogens is 1. The van der Waals surface area contributed by atoms with Crippen LogP contribution in [-0.2, 0) is 6.54 Å². The number of phenolic OH excluding ortho intramolecular Hbond substituents is 1. The lowest BCUT2D eigenvalue weighted by atomic mass is 9.82. The number of benzene rings is 2. The van der Waals surface area contributed by atoms with Gasteiger partial charge in [0.1, 0.15) is 5.82 Å². The maximum Gasteiger partial charge on any atom is 0.160 e. The van der Waals surface area contributed by atoms with Gasteiger partial charge in [0.25, 0.3) is 0 Å². The number of phenols is 1. The van der Waals surface area contributed by atoms with Gasteiger partial charge in [-0.2, -0.15) is 0 Å². The van der Waals surface area contributed by atoms with Gasteiger partial charge in [-0.25, -0.2) is 4.39 Å². The second-order valence-electron chi connectivity index (χ2n) is 6.74. The molecular formula is C19H24FNO2. The molecule has 2 rings (SSSR count). The normalized spacial score (nSPS) is 12.9. The Labute approximate surface area is 137 Å². The van der Waals surface area contributed by atoms with Crippen LogP contribution in [0, 0.1) is 11.2 Å². The fourth-order valence-electron chi connectivity index (χ4n) is 2.64. The topological polar surface area (TPSA) is 41.5 Å². The van der Waals surface area contributed by atoms with Crippen molar-refractivity contribution >= 4 is 0 Å². The summed E-state index contributed by atoms with van der Waals surface area (Å²) in [5.74, 6) is 0.349. The highest BCUT2D eigenvalue weighted by Crippen LogP contribution is 2.33. The summed E-state index contributed by atoms with van der Waals surface area (Å²) >= 11 is 0. The van der Waals surface area contributed by atoms with Gasteiger partial charge < -0.3 is 15.2 Å². The molecule has 0 aliphatic rings. The van der Waals surface area contributed by atoms with E-state index in [1.807, 2.05) is 18.2 Å². The number of hydrogen-bond donors (Lipinski definition) is 2. The van der Waals surface area contributed by atoms with Crippen LogP contribution in [0.3, 0.4) is 0 Å². The summed E-state index contributed by atoms with van der Waals surface area (Å²) in [4.78, 5) is 0. The molecule has 0 saturated heterocycles. The maximum atomic E-state index is 13.2. The lowest BCUT2D eigenvalue weighted by Crippen LogP contribution is -2.32. The zero-order valence-electron chi connectivity index (χ0n) is 14.1. The van der Waals surface area contributed by atoms with Crippen LogP contribution in [0.4, 0.5) is 4.39 Å². The van der Waals surface area contributed by atoms with Gasteiger partial charge in [-0.15, -0.1) is 0 Å². The average Bonchev–Trinajstić information content (AvgIpc) is 2.48. The average molecular weight is 317 g/mol. The Hall–Kier alpha value is -2.07. The van der Waals surface area contributed by atoms with E-state index in [1.54, 1.807) is 12.1 Å². The number of hydrogen-bond acceptors (Lipinski definition) is 3. The summed E-state index contributed by atoms with van der Waals surface area (Å²) in [6.45, 7) is 7.01. The molecule has 3 nitrogen and oxygen atoms in total. The molecule has 0 amide bonds. The maximum absolute atomic E-state index is 13.2. The largest absolute Gasteiger partial charge is 0.504 e. The highest BCUT2D eigenvalue weighted by atomic mass is 19.1. The Morgan fingerprint density at radius 2 is 1.78 bits per heavy atom. The summed E-state index contributed by atoms with van der Waals surface area (Å²) in [5.41, 5.74) is 1.96. The van der Waals surface area contributed by atoms with E-state index in [-0.39, 0.29) is 23.0 Å². The molecule has 1 unspecified atom stereocenters. The van der Waals surface area contributed by atoms with Gasteiger partial charge in [0.05, 0.1) is 7.11 Å². The smallest absolute Gasteiger partial charge is 0.160 e. The summed E-state index contributed by atoms with van der Waals surface area (Å²) in [7, 11) is 1.52. The van der Waals surface area contributed by atoms with Crippen molar-refractivity contribution < 1.29 is 14.2 Å². The van der Waals surface area contributed by atoms with E-state index < -0.39 is 0 Å². The zero-order valence-corrected chi connectivity index (χ0v) is 14.1. The molecule has 0 radical (unpaired) electrons. The van der Waals surface area contributed by atoms with Crippen LogP contribution < -0.4 is 10.1 Å². The van der Waals surface area contributed by atoms with Gasteiger partial charge in [0, 0.05) is 12.6 Å². The first-order valence-electron chi connectivity index (χ1n) is 7.66. The summed E-state index contributed by atoms with van der Waals surface area (Å²) in [6.07, 6.45) is 0. The molecule has 0 aromatic heterocycles. The van der Waals surface area contributed by atoms with Gasteiger partial charge in [-0.1, -0.05) is 39.0 Å². The number of ether oxygens (including phenoxy) is 1. The SMILES string of the molecule is COc1ccc(CNC(c2ccc(F)cc2)C(C)(C)C)cc1O. The quantitative estimate of drug-likeness (QED) is 0.858. The Morgan fingerprint density at radius 3 is 2.30 bits per heavy atom. The van der Waals surface area contributed by atoms with Crippen LogP contribution in [0.1, 0.15) is 37.9 Å². The molecule has 0 saturated carbocycles. The van der Waals surface area contributed by atoms with Crippen LogP contribution in [0.25, 0.3) is 0 Å². The highest BCUT2D eigenvalue weighted by Gasteiger charge is 2.25. The van der Waals surface area contributed by atoms with Gasteiger partial charge >= 0.3 is 0 Å². The van der Waals surface area contributed by atoms with Gasteiger partial charge in [0.2, 0.25) is 0 Å². The first-order valence-corrected chi connectivity index (χ1v) is 7.66.